The minimum Gasteiger partial charge on any atom is -0.490 e. The van der Waals surface area contributed by atoms with Gasteiger partial charge in [-0.25, -0.2) is 0 Å². The molecule has 467 valence electrons. The zero-order chi connectivity index (χ0) is 56.5. The first-order valence-corrected chi connectivity index (χ1v) is 37.1. The third-order valence-corrected chi connectivity index (χ3v) is 17.6. The van der Waals surface area contributed by atoms with Crippen molar-refractivity contribution in [3.05, 3.63) is 24.6 Å². The van der Waals surface area contributed by atoms with Crippen LogP contribution in [0.4, 0.5) is 0 Å². The van der Waals surface area contributed by atoms with Crippen molar-refractivity contribution in [2.75, 3.05) is 19.8 Å². The Morgan fingerprint density at radius 2 is 0.405 bits per heavy atom. The van der Waals surface area contributed by atoms with Gasteiger partial charge in [0.15, 0.2) is 11.5 Å². The Balaban J connectivity index is 2.43. The van der Waals surface area contributed by atoms with Gasteiger partial charge in [-0.1, -0.05) is 400 Å². The summed E-state index contributed by atoms with van der Waals surface area (Å²) in [5.41, 5.74) is 1.30. The maximum atomic E-state index is 6.70. The summed E-state index contributed by atoms with van der Waals surface area (Å²) in [5.74, 6) is 2.68. The van der Waals surface area contributed by atoms with E-state index in [1.807, 2.05) is 0 Å². The van der Waals surface area contributed by atoms with Gasteiger partial charge in [0, 0.05) is 0 Å². The standard InChI is InChI=1S/C76H145O3/c1-5-9-13-16-19-22-25-28-31-34-37-40-43-46-49-52-55-58-61-64-68-77-74-71-73(67-12-8-4)72-75(78-69-65-62-59-56-53-50-47-44-41-38-35-32-29-26-23-20-17-14-10-6-2)76(74)79-70-66-63-60-57-54-51-48-45-42-39-36-33-30-27-24-21-18-15-11-7-3/h71-72H,4-70H2,1-3H3. The first-order valence-electron chi connectivity index (χ1n) is 37.1. The topological polar surface area (TPSA) is 27.7 Å². The number of aryl methyl sites for hydroxylation is 1. The van der Waals surface area contributed by atoms with Crippen molar-refractivity contribution in [2.24, 2.45) is 0 Å². The van der Waals surface area contributed by atoms with E-state index in [1.54, 1.807) is 0 Å². The minimum atomic E-state index is 0.739. The predicted molar refractivity (Wildman–Crippen MR) is 355 cm³/mol. The van der Waals surface area contributed by atoms with E-state index in [4.69, 9.17) is 14.2 Å². The predicted octanol–water partition coefficient (Wildman–Crippen LogP) is 27.4. The maximum absolute atomic E-state index is 6.70. The summed E-state index contributed by atoms with van der Waals surface area (Å²) in [6.07, 6.45) is 87.3. The largest absolute Gasteiger partial charge is 0.490 e. The molecule has 0 atom stereocenters. The van der Waals surface area contributed by atoms with E-state index < -0.39 is 0 Å². The highest BCUT2D eigenvalue weighted by Crippen LogP contribution is 2.40. The van der Waals surface area contributed by atoms with Crippen LogP contribution in [-0.4, -0.2) is 19.8 Å². The highest BCUT2D eigenvalue weighted by atomic mass is 16.5. The van der Waals surface area contributed by atoms with Gasteiger partial charge >= 0.3 is 0 Å². The number of hydrogen-bond acceptors (Lipinski definition) is 3. The van der Waals surface area contributed by atoms with Gasteiger partial charge in [-0.05, 0) is 49.8 Å². The maximum Gasteiger partial charge on any atom is 0.203 e. The van der Waals surface area contributed by atoms with Gasteiger partial charge < -0.3 is 14.2 Å². The molecule has 1 aromatic rings. The molecule has 1 rings (SSSR count). The van der Waals surface area contributed by atoms with Crippen LogP contribution in [0.5, 0.6) is 17.2 Å². The van der Waals surface area contributed by atoms with Crippen LogP contribution >= 0.6 is 0 Å². The van der Waals surface area contributed by atoms with Crippen LogP contribution in [0, 0.1) is 6.92 Å². The molecular formula is C76H145O3. The van der Waals surface area contributed by atoms with Crippen LogP contribution in [-0.2, 0) is 6.42 Å². The fourth-order valence-corrected chi connectivity index (χ4v) is 12.1. The molecule has 0 spiro atoms. The lowest BCUT2D eigenvalue weighted by Crippen LogP contribution is -2.07. The van der Waals surface area contributed by atoms with E-state index in [0.717, 1.165) is 75.6 Å². The van der Waals surface area contributed by atoms with Crippen LogP contribution in [0.25, 0.3) is 0 Å². The fourth-order valence-electron chi connectivity index (χ4n) is 12.1. The molecule has 0 heterocycles. The third-order valence-electron chi connectivity index (χ3n) is 17.6. The molecule has 0 unspecified atom stereocenters. The minimum absolute atomic E-state index is 0.739. The molecule has 3 heteroatoms. The summed E-state index contributed by atoms with van der Waals surface area (Å²) in [7, 11) is 0. The van der Waals surface area contributed by atoms with E-state index >= 15 is 0 Å². The molecule has 79 heavy (non-hydrogen) atoms. The van der Waals surface area contributed by atoms with Crippen molar-refractivity contribution in [1.82, 2.24) is 0 Å². The monoisotopic (exact) mass is 1110 g/mol. The van der Waals surface area contributed by atoms with Gasteiger partial charge in [0.25, 0.3) is 0 Å². The molecule has 3 nitrogen and oxygen atoms in total. The van der Waals surface area contributed by atoms with Crippen molar-refractivity contribution >= 4 is 0 Å². The Hall–Kier alpha value is -1.38. The van der Waals surface area contributed by atoms with Gasteiger partial charge in [-0.2, -0.15) is 0 Å². The molecule has 0 fully saturated rings. The van der Waals surface area contributed by atoms with E-state index in [-0.39, 0.29) is 0 Å². The highest BCUT2D eigenvalue weighted by Gasteiger charge is 2.16. The third kappa shape index (κ3) is 55.6. The quantitative estimate of drug-likeness (QED) is 0.0609. The zero-order valence-corrected chi connectivity index (χ0v) is 54.8. The molecular weight excluding hydrogens is 961 g/mol. The van der Waals surface area contributed by atoms with Gasteiger partial charge in [0.1, 0.15) is 0 Å². The van der Waals surface area contributed by atoms with E-state index in [1.165, 1.54) is 372 Å². The van der Waals surface area contributed by atoms with Crippen LogP contribution in [0.3, 0.4) is 0 Å². The number of hydrogen-bond donors (Lipinski definition) is 0. The second-order valence-corrected chi connectivity index (χ2v) is 25.6. The number of rotatable bonds is 69. The Bertz CT molecular complexity index is 1210. The summed E-state index contributed by atoms with van der Waals surface area (Å²) in [5, 5.41) is 0. The second-order valence-electron chi connectivity index (χ2n) is 25.6. The number of ether oxygens (including phenoxy) is 3. The molecule has 0 aliphatic heterocycles. The Kier molecular flexibility index (Phi) is 63.0. The Labute approximate surface area is 498 Å². The Morgan fingerprint density at radius 1 is 0.228 bits per heavy atom. The van der Waals surface area contributed by atoms with Crippen LogP contribution in [0.2, 0.25) is 0 Å². The molecule has 0 aliphatic carbocycles. The molecule has 0 saturated heterocycles. The lowest BCUT2D eigenvalue weighted by Gasteiger charge is -2.19. The average molecular weight is 1110 g/mol. The second kappa shape index (κ2) is 65.8. The molecule has 0 bridgehead atoms. The number of unbranched alkanes of at least 4 members (excludes halogenated alkanes) is 58. The van der Waals surface area contributed by atoms with Gasteiger partial charge in [0.05, 0.1) is 19.8 Å². The summed E-state index contributed by atoms with van der Waals surface area (Å²) in [6, 6.07) is 4.54. The first-order chi connectivity index (χ1) is 39.3. The van der Waals surface area contributed by atoms with Gasteiger partial charge in [0.2, 0.25) is 5.75 Å². The van der Waals surface area contributed by atoms with Crippen LogP contribution in [0.1, 0.15) is 424 Å². The fraction of sp³-hybridized carbons (Fsp3) is 0.908. The zero-order valence-electron chi connectivity index (χ0n) is 54.8. The Morgan fingerprint density at radius 3 is 0.595 bits per heavy atom. The highest BCUT2D eigenvalue weighted by molar-refractivity contribution is 5.54. The molecule has 0 saturated carbocycles. The molecule has 1 radical (unpaired) electrons. The lowest BCUT2D eigenvalue weighted by molar-refractivity contribution is 0.234. The van der Waals surface area contributed by atoms with E-state index in [2.05, 4.69) is 39.8 Å². The molecule has 0 amide bonds. The van der Waals surface area contributed by atoms with Crippen LogP contribution in [0.15, 0.2) is 12.1 Å². The molecule has 0 aliphatic rings. The summed E-state index contributed by atoms with van der Waals surface area (Å²) in [6.45, 7) is 13.3. The first kappa shape index (κ1) is 75.6. The van der Waals surface area contributed by atoms with Crippen molar-refractivity contribution in [3.63, 3.8) is 0 Å². The SMILES string of the molecule is [CH2]CCCc1cc(OCCCCCCCCCCCCCCCCCCCCCC)c(OCCCCCCCCCCCCCCCCCCCCCC)c(OCCCCCCCCCCCCCCCCCCCCCC)c1. The smallest absolute Gasteiger partial charge is 0.203 e. The van der Waals surface area contributed by atoms with E-state index in [9.17, 15) is 0 Å². The van der Waals surface area contributed by atoms with Crippen LogP contribution < -0.4 is 14.2 Å². The van der Waals surface area contributed by atoms with Gasteiger partial charge in [-0.15, -0.1) is 0 Å². The van der Waals surface area contributed by atoms with Crippen molar-refractivity contribution in [3.8, 4) is 17.2 Å². The number of benzene rings is 1. The van der Waals surface area contributed by atoms with Crippen molar-refractivity contribution < 1.29 is 14.2 Å². The van der Waals surface area contributed by atoms with E-state index in [0.29, 0.717) is 0 Å². The van der Waals surface area contributed by atoms with Crippen molar-refractivity contribution in [1.29, 1.82) is 0 Å². The lowest BCUT2D eigenvalue weighted by atomic mass is 10.0. The molecule has 1 aromatic carbocycles. The summed E-state index contributed by atoms with van der Waals surface area (Å²) < 4.78 is 20.0. The summed E-state index contributed by atoms with van der Waals surface area (Å²) >= 11 is 0. The summed E-state index contributed by atoms with van der Waals surface area (Å²) in [4.78, 5) is 0. The molecule has 0 aromatic heterocycles. The van der Waals surface area contributed by atoms with Gasteiger partial charge in [-0.3, -0.25) is 0 Å². The molecule has 0 N–H and O–H groups in total. The normalized spacial score (nSPS) is 11.6. The van der Waals surface area contributed by atoms with Crippen molar-refractivity contribution in [2.45, 2.75) is 425 Å². The average Bonchev–Trinajstić information content (AvgIpc) is 3.46.